The molecular weight excluding hydrogens is 432 g/mol. The van der Waals surface area contributed by atoms with Gasteiger partial charge in [0, 0.05) is 5.02 Å². The van der Waals surface area contributed by atoms with Gasteiger partial charge in [0.25, 0.3) is 0 Å². The van der Waals surface area contributed by atoms with Crippen molar-refractivity contribution in [2.45, 2.75) is 25.9 Å². The third-order valence-electron chi connectivity index (χ3n) is 4.84. The second-order valence-corrected chi connectivity index (χ2v) is 8.40. The zero-order valence-corrected chi connectivity index (χ0v) is 18.9. The molecule has 0 fully saturated rings. The molecule has 0 saturated heterocycles. The highest BCUT2D eigenvalue weighted by atomic mass is 35.5. The molecule has 31 heavy (non-hydrogen) atoms. The summed E-state index contributed by atoms with van der Waals surface area (Å²) in [6.07, 6.45) is 1.61. The van der Waals surface area contributed by atoms with Crippen molar-refractivity contribution in [1.82, 2.24) is 24.5 Å². The Labute approximate surface area is 189 Å². The van der Waals surface area contributed by atoms with Crippen LogP contribution >= 0.6 is 23.4 Å². The number of nitrogens with one attached hydrogen (secondary N) is 1. The van der Waals surface area contributed by atoms with Crippen LogP contribution < -0.4 is 5.32 Å². The highest BCUT2D eigenvalue weighted by Crippen LogP contribution is 2.25. The Bertz CT molecular complexity index is 1230. The number of halogens is 1. The van der Waals surface area contributed by atoms with Gasteiger partial charge in [-0.2, -0.15) is 5.10 Å². The van der Waals surface area contributed by atoms with Gasteiger partial charge in [0.2, 0.25) is 5.91 Å². The number of thioether (sulfide) groups is 1. The number of anilines is 1. The number of carbonyl (C=O) groups is 1. The van der Waals surface area contributed by atoms with Crippen molar-refractivity contribution in [2.75, 3.05) is 11.1 Å². The molecule has 2 aromatic heterocycles. The van der Waals surface area contributed by atoms with Crippen LogP contribution in [0.4, 0.5) is 5.69 Å². The predicted molar refractivity (Wildman–Crippen MR) is 123 cm³/mol. The Kier molecular flexibility index (Phi) is 6.11. The Hall–Kier alpha value is -3.10. The Balaban J connectivity index is 1.46. The van der Waals surface area contributed by atoms with Gasteiger partial charge in [-0.1, -0.05) is 47.6 Å². The molecule has 0 radical (unpaired) electrons. The molecule has 7 nitrogen and oxygen atoms in total. The lowest BCUT2D eigenvalue weighted by Crippen LogP contribution is -2.15. The van der Waals surface area contributed by atoms with E-state index < -0.39 is 0 Å². The molecule has 0 spiro atoms. The van der Waals surface area contributed by atoms with Crippen molar-refractivity contribution in [3.05, 3.63) is 76.8 Å². The maximum absolute atomic E-state index is 12.7. The quantitative estimate of drug-likeness (QED) is 0.426. The minimum Gasteiger partial charge on any atom is -0.322 e. The van der Waals surface area contributed by atoms with Crippen molar-refractivity contribution >= 4 is 35.0 Å². The maximum atomic E-state index is 12.7. The average molecular weight is 453 g/mol. The number of hydrogen-bond donors (Lipinski definition) is 1. The minimum atomic E-state index is -0.139. The number of aromatic nitrogens is 5. The summed E-state index contributed by atoms with van der Waals surface area (Å²) in [7, 11) is 0. The first-order valence-electron chi connectivity index (χ1n) is 9.65. The molecule has 0 aliphatic rings. The molecule has 4 aromatic rings. The van der Waals surface area contributed by atoms with Gasteiger partial charge in [-0.25, -0.2) is 4.68 Å². The van der Waals surface area contributed by atoms with Crippen molar-refractivity contribution in [3.8, 4) is 11.4 Å². The molecule has 1 N–H and O–H groups in total. The first kappa shape index (κ1) is 21.1. The molecule has 0 aliphatic heterocycles. The van der Waals surface area contributed by atoms with Crippen LogP contribution in [-0.4, -0.2) is 36.2 Å². The van der Waals surface area contributed by atoms with Gasteiger partial charge in [-0.3, -0.25) is 9.36 Å². The molecule has 0 aliphatic carbocycles. The van der Waals surface area contributed by atoms with Crippen molar-refractivity contribution in [1.29, 1.82) is 0 Å². The normalized spacial score (nSPS) is 11.0. The summed E-state index contributed by atoms with van der Waals surface area (Å²) in [4.78, 5) is 12.7. The van der Waals surface area contributed by atoms with Crippen LogP contribution in [0.1, 0.15) is 17.0 Å². The molecule has 0 saturated carbocycles. The van der Waals surface area contributed by atoms with E-state index in [-0.39, 0.29) is 11.7 Å². The fraction of sp³-hybridized carbons (Fsp3) is 0.182. The number of rotatable bonds is 6. The Morgan fingerprint density at radius 3 is 2.61 bits per heavy atom. The monoisotopic (exact) mass is 452 g/mol. The standard InChI is InChI=1S/C22H21ClN6OS/c1-14-9-10-18(11-19(14)23)28-13-24-26-22(28)31-12-20(30)25-21-15(2)27-29(16(21)3)17-7-5-4-6-8-17/h4-11,13H,12H2,1-3H3,(H,25,30). The average Bonchev–Trinajstić information content (AvgIpc) is 3.35. The molecule has 158 valence electrons. The molecule has 2 aromatic carbocycles. The molecule has 1 amide bonds. The van der Waals surface area contributed by atoms with E-state index in [0.717, 1.165) is 34.0 Å². The fourth-order valence-electron chi connectivity index (χ4n) is 3.18. The van der Waals surface area contributed by atoms with Crippen molar-refractivity contribution < 1.29 is 4.79 Å². The van der Waals surface area contributed by atoms with E-state index in [9.17, 15) is 4.79 Å². The van der Waals surface area contributed by atoms with Crippen LogP contribution in [0.3, 0.4) is 0 Å². The molecule has 0 bridgehead atoms. The number of amides is 1. The van der Waals surface area contributed by atoms with Crippen molar-refractivity contribution in [3.63, 3.8) is 0 Å². The second kappa shape index (κ2) is 8.95. The number of hydrogen-bond acceptors (Lipinski definition) is 5. The summed E-state index contributed by atoms with van der Waals surface area (Å²) in [5.41, 5.74) is 5.15. The molecular formula is C22H21ClN6OS. The van der Waals surface area contributed by atoms with Crippen LogP contribution in [0.25, 0.3) is 11.4 Å². The van der Waals surface area contributed by atoms with E-state index in [1.165, 1.54) is 11.8 Å². The van der Waals surface area contributed by atoms with Crippen LogP contribution in [0.2, 0.25) is 5.02 Å². The largest absolute Gasteiger partial charge is 0.322 e. The van der Waals surface area contributed by atoms with E-state index in [0.29, 0.717) is 10.2 Å². The lowest BCUT2D eigenvalue weighted by molar-refractivity contribution is -0.113. The topological polar surface area (TPSA) is 77.6 Å². The Morgan fingerprint density at radius 2 is 1.87 bits per heavy atom. The van der Waals surface area contributed by atoms with E-state index >= 15 is 0 Å². The van der Waals surface area contributed by atoms with E-state index in [1.807, 2.05) is 78.6 Å². The highest BCUT2D eigenvalue weighted by molar-refractivity contribution is 7.99. The van der Waals surface area contributed by atoms with Gasteiger partial charge < -0.3 is 5.32 Å². The molecule has 2 heterocycles. The molecule has 4 rings (SSSR count). The van der Waals surface area contributed by atoms with Gasteiger partial charge >= 0.3 is 0 Å². The van der Waals surface area contributed by atoms with Crippen LogP contribution in [0, 0.1) is 20.8 Å². The Morgan fingerprint density at radius 1 is 1.10 bits per heavy atom. The highest BCUT2D eigenvalue weighted by Gasteiger charge is 2.16. The lowest BCUT2D eigenvalue weighted by atomic mass is 10.2. The van der Waals surface area contributed by atoms with Crippen LogP contribution in [0.5, 0.6) is 0 Å². The maximum Gasteiger partial charge on any atom is 0.234 e. The first-order chi connectivity index (χ1) is 14.9. The zero-order valence-electron chi connectivity index (χ0n) is 17.3. The predicted octanol–water partition coefficient (Wildman–Crippen LogP) is 4.76. The van der Waals surface area contributed by atoms with Crippen molar-refractivity contribution in [2.24, 2.45) is 0 Å². The molecule has 0 unspecified atom stereocenters. The summed E-state index contributed by atoms with van der Waals surface area (Å²) in [6.45, 7) is 5.77. The molecule has 0 atom stereocenters. The number of aryl methyl sites for hydroxylation is 2. The summed E-state index contributed by atoms with van der Waals surface area (Å²) < 4.78 is 3.64. The summed E-state index contributed by atoms with van der Waals surface area (Å²) in [5, 5.41) is 17.0. The van der Waals surface area contributed by atoms with Crippen LogP contribution in [0.15, 0.2) is 60.0 Å². The van der Waals surface area contributed by atoms with Gasteiger partial charge in [0.15, 0.2) is 5.16 Å². The number of nitrogens with zero attached hydrogens (tertiary/aromatic N) is 5. The smallest absolute Gasteiger partial charge is 0.234 e. The lowest BCUT2D eigenvalue weighted by Gasteiger charge is -2.09. The minimum absolute atomic E-state index is 0.139. The third-order valence-corrected chi connectivity index (χ3v) is 6.19. The first-order valence-corrected chi connectivity index (χ1v) is 11.0. The van der Waals surface area contributed by atoms with E-state index in [2.05, 4.69) is 20.6 Å². The SMILES string of the molecule is Cc1ccc(-n2cnnc2SCC(=O)Nc2c(C)nn(-c3ccccc3)c2C)cc1Cl. The van der Waals surface area contributed by atoms with Gasteiger partial charge in [-0.05, 0) is 50.6 Å². The zero-order chi connectivity index (χ0) is 22.0. The van der Waals surface area contributed by atoms with Gasteiger partial charge in [0.05, 0.1) is 34.2 Å². The van der Waals surface area contributed by atoms with Crippen LogP contribution in [-0.2, 0) is 4.79 Å². The van der Waals surface area contributed by atoms with Gasteiger partial charge in [-0.15, -0.1) is 10.2 Å². The van der Waals surface area contributed by atoms with E-state index in [1.54, 1.807) is 6.33 Å². The van der Waals surface area contributed by atoms with E-state index in [4.69, 9.17) is 11.6 Å². The third kappa shape index (κ3) is 4.50. The summed E-state index contributed by atoms with van der Waals surface area (Å²) >= 11 is 7.55. The second-order valence-electron chi connectivity index (χ2n) is 7.05. The summed E-state index contributed by atoms with van der Waals surface area (Å²) in [5.74, 6) is 0.0496. The number of benzene rings is 2. The number of carbonyl (C=O) groups excluding carboxylic acids is 1. The fourth-order valence-corrected chi connectivity index (χ4v) is 4.08. The number of para-hydroxylation sites is 1. The van der Waals surface area contributed by atoms with Gasteiger partial charge in [0.1, 0.15) is 6.33 Å². The summed E-state index contributed by atoms with van der Waals surface area (Å²) in [6, 6.07) is 15.6. The molecule has 9 heteroatoms.